The Kier molecular flexibility index (Phi) is 5.36. The number of esters is 1. The second-order valence-corrected chi connectivity index (χ2v) is 5.43. The second kappa shape index (κ2) is 7.25. The maximum absolute atomic E-state index is 11.9. The lowest BCUT2D eigenvalue weighted by molar-refractivity contribution is -0.141. The molecule has 0 radical (unpaired) electrons. The van der Waals surface area contributed by atoms with Gasteiger partial charge in [0.1, 0.15) is 6.61 Å². The Labute approximate surface area is 120 Å². The van der Waals surface area contributed by atoms with Crippen LogP contribution >= 0.6 is 0 Å². The molecule has 0 aliphatic heterocycles. The number of hydrogen-bond acceptors (Lipinski definition) is 3. The molecule has 1 unspecified atom stereocenters. The number of hydrogen-bond donors (Lipinski definition) is 1. The van der Waals surface area contributed by atoms with E-state index in [2.05, 4.69) is 6.58 Å². The highest BCUT2D eigenvalue weighted by Gasteiger charge is 2.27. The van der Waals surface area contributed by atoms with Crippen molar-refractivity contribution in [3.05, 3.63) is 48.0 Å². The van der Waals surface area contributed by atoms with Crippen LogP contribution in [0.5, 0.6) is 0 Å². The molecule has 1 aromatic carbocycles. The number of ether oxygens (including phenoxy) is 1. The Bertz CT molecular complexity index is 447. The normalized spacial score (nSPS) is 17.4. The van der Waals surface area contributed by atoms with Gasteiger partial charge in [-0.3, -0.25) is 0 Å². The Morgan fingerprint density at radius 3 is 2.55 bits per heavy atom. The third-order valence-electron chi connectivity index (χ3n) is 3.93. The molecule has 1 fully saturated rings. The highest BCUT2D eigenvalue weighted by molar-refractivity contribution is 5.88. The van der Waals surface area contributed by atoms with Gasteiger partial charge in [0.25, 0.3) is 0 Å². The molecule has 1 aliphatic rings. The average molecular weight is 274 g/mol. The summed E-state index contributed by atoms with van der Waals surface area (Å²) in [6.45, 7) is 3.94. The molecule has 0 spiro atoms. The van der Waals surface area contributed by atoms with E-state index in [9.17, 15) is 9.90 Å². The van der Waals surface area contributed by atoms with E-state index in [1.54, 1.807) is 0 Å². The summed E-state index contributed by atoms with van der Waals surface area (Å²) in [5.41, 5.74) is 1.12. The maximum atomic E-state index is 11.9. The van der Waals surface area contributed by atoms with Crippen LogP contribution in [0.2, 0.25) is 0 Å². The SMILES string of the molecule is C=C(C(=O)OCc1ccccc1)C(O)C1CCCCC1. The van der Waals surface area contributed by atoms with Gasteiger partial charge in [-0.2, -0.15) is 0 Å². The summed E-state index contributed by atoms with van der Waals surface area (Å²) in [6.07, 6.45) is 4.62. The summed E-state index contributed by atoms with van der Waals surface area (Å²) < 4.78 is 5.20. The van der Waals surface area contributed by atoms with E-state index < -0.39 is 12.1 Å². The van der Waals surface area contributed by atoms with Gasteiger partial charge in [0, 0.05) is 0 Å². The van der Waals surface area contributed by atoms with E-state index in [0.717, 1.165) is 31.2 Å². The van der Waals surface area contributed by atoms with Crippen molar-refractivity contribution in [3.8, 4) is 0 Å². The minimum atomic E-state index is -0.765. The van der Waals surface area contributed by atoms with Crippen LogP contribution in [0.4, 0.5) is 0 Å². The van der Waals surface area contributed by atoms with Crippen molar-refractivity contribution < 1.29 is 14.6 Å². The number of rotatable bonds is 5. The summed E-state index contributed by atoms with van der Waals surface area (Å²) in [5, 5.41) is 10.2. The summed E-state index contributed by atoms with van der Waals surface area (Å²) >= 11 is 0. The second-order valence-electron chi connectivity index (χ2n) is 5.43. The average Bonchev–Trinajstić information content (AvgIpc) is 2.53. The standard InChI is InChI=1S/C17H22O3/c1-13(16(18)15-10-6-3-7-11-15)17(19)20-12-14-8-4-2-5-9-14/h2,4-5,8-9,15-16,18H,1,3,6-7,10-12H2. The Hall–Kier alpha value is -1.61. The molecule has 0 heterocycles. The van der Waals surface area contributed by atoms with Crippen molar-refractivity contribution >= 4 is 5.97 Å². The molecular weight excluding hydrogens is 252 g/mol. The fourth-order valence-corrected chi connectivity index (χ4v) is 2.67. The third-order valence-corrected chi connectivity index (χ3v) is 3.93. The van der Waals surface area contributed by atoms with Crippen molar-refractivity contribution in [1.82, 2.24) is 0 Å². The monoisotopic (exact) mass is 274 g/mol. The van der Waals surface area contributed by atoms with Crippen LogP contribution in [0.3, 0.4) is 0 Å². The van der Waals surface area contributed by atoms with Gasteiger partial charge >= 0.3 is 5.97 Å². The molecule has 1 saturated carbocycles. The largest absolute Gasteiger partial charge is 0.457 e. The van der Waals surface area contributed by atoms with Gasteiger partial charge in [0.15, 0.2) is 0 Å². The lowest BCUT2D eigenvalue weighted by atomic mass is 9.83. The molecule has 0 aromatic heterocycles. The molecule has 1 aromatic rings. The lowest BCUT2D eigenvalue weighted by Gasteiger charge is -2.27. The molecule has 1 aliphatic carbocycles. The van der Waals surface area contributed by atoms with Gasteiger partial charge in [-0.15, -0.1) is 0 Å². The first kappa shape index (κ1) is 14.8. The van der Waals surface area contributed by atoms with Crippen molar-refractivity contribution in [1.29, 1.82) is 0 Å². The number of benzene rings is 1. The zero-order chi connectivity index (χ0) is 14.4. The lowest BCUT2D eigenvalue weighted by Crippen LogP contribution is -2.28. The summed E-state index contributed by atoms with van der Waals surface area (Å²) in [7, 11) is 0. The third kappa shape index (κ3) is 3.94. The van der Waals surface area contributed by atoms with E-state index in [4.69, 9.17) is 4.74 Å². The molecule has 108 valence electrons. The molecule has 3 heteroatoms. The van der Waals surface area contributed by atoms with E-state index in [1.807, 2.05) is 30.3 Å². The first-order chi connectivity index (χ1) is 9.68. The van der Waals surface area contributed by atoms with Crippen molar-refractivity contribution in [3.63, 3.8) is 0 Å². The van der Waals surface area contributed by atoms with Gasteiger partial charge < -0.3 is 9.84 Å². The van der Waals surface area contributed by atoms with Gasteiger partial charge in [0.05, 0.1) is 11.7 Å². The van der Waals surface area contributed by atoms with Crippen molar-refractivity contribution in [2.75, 3.05) is 0 Å². The van der Waals surface area contributed by atoms with Crippen molar-refractivity contribution in [2.45, 2.75) is 44.8 Å². The Morgan fingerprint density at radius 2 is 1.90 bits per heavy atom. The molecule has 3 nitrogen and oxygen atoms in total. The van der Waals surface area contributed by atoms with Crippen LogP contribution in [0.1, 0.15) is 37.7 Å². The quantitative estimate of drug-likeness (QED) is 0.662. The van der Waals surface area contributed by atoms with E-state index in [-0.39, 0.29) is 18.1 Å². The highest BCUT2D eigenvalue weighted by atomic mass is 16.5. The fraction of sp³-hybridized carbons (Fsp3) is 0.471. The first-order valence-electron chi connectivity index (χ1n) is 7.26. The predicted octanol–water partition coefficient (Wildman–Crippen LogP) is 3.23. The van der Waals surface area contributed by atoms with Crippen LogP contribution in [0.15, 0.2) is 42.5 Å². The van der Waals surface area contributed by atoms with E-state index in [1.165, 1.54) is 6.42 Å². The summed E-state index contributed by atoms with van der Waals surface area (Å²) in [6, 6.07) is 9.50. The van der Waals surface area contributed by atoms with Crippen LogP contribution in [-0.4, -0.2) is 17.2 Å². The van der Waals surface area contributed by atoms with E-state index in [0.29, 0.717) is 0 Å². The minimum absolute atomic E-state index is 0.153. The molecule has 20 heavy (non-hydrogen) atoms. The zero-order valence-corrected chi connectivity index (χ0v) is 11.8. The van der Waals surface area contributed by atoms with Gasteiger partial charge in [-0.05, 0) is 24.3 Å². The van der Waals surface area contributed by atoms with Crippen LogP contribution < -0.4 is 0 Å². The topological polar surface area (TPSA) is 46.5 Å². The Balaban J connectivity index is 1.83. The van der Waals surface area contributed by atoms with Crippen LogP contribution in [0.25, 0.3) is 0 Å². The highest BCUT2D eigenvalue weighted by Crippen LogP contribution is 2.29. The van der Waals surface area contributed by atoms with Crippen LogP contribution in [-0.2, 0) is 16.1 Å². The van der Waals surface area contributed by atoms with Gasteiger partial charge in [-0.25, -0.2) is 4.79 Å². The molecule has 0 bridgehead atoms. The number of carbonyl (C=O) groups excluding carboxylic acids is 1. The molecule has 2 rings (SSSR count). The summed E-state index contributed by atoms with van der Waals surface area (Å²) in [4.78, 5) is 11.9. The molecule has 0 amide bonds. The number of carbonyl (C=O) groups is 1. The fourth-order valence-electron chi connectivity index (χ4n) is 2.67. The number of aliphatic hydroxyl groups is 1. The molecule has 1 N–H and O–H groups in total. The Morgan fingerprint density at radius 1 is 1.25 bits per heavy atom. The molecular formula is C17H22O3. The molecule has 1 atom stereocenters. The number of aliphatic hydroxyl groups excluding tert-OH is 1. The summed E-state index contributed by atoms with van der Waals surface area (Å²) in [5.74, 6) is -0.340. The molecule has 0 saturated heterocycles. The van der Waals surface area contributed by atoms with Gasteiger partial charge in [-0.1, -0.05) is 56.2 Å². The zero-order valence-electron chi connectivity index (χ0n) is 11.8. The van der Waals surface area contributed by atoms with E-state index >= 15 is 0 Å². The van der Waals surface area contributed by atoms with Gasteiger partial charge in [0.2, 0.25) is 0 Å². The van der Waals surface area contributed by atoms with Crippen molar-refractivity contribution in [2.24, 2.45) is 5.92 Å². The first-order valence-corrected chi connectivity index (χ1v) is 7.26. The smallest absolute Gasteiger partial charge is 0.336 e. The minimum Gasteiger partial charge on any atom is -0.457 e. The van der Waals surface area contributed by atoms with Crippen LogP contribution in [0, 0.1) is 5.92 Å². The predicted molar refractivity (Wildman–Crippen MR) is 78.0 cm³/mol. The maximum Gasteiger partial charge on any atom is 0.336 e.